The second-order valence-electron chi connectivity index (χ2n) is 4.10. The molecule has 0 bridgehead atoms. The minimum Gasteiger partial charge on any atom is -0.465 e. The first kappa shape index (κ1) is 13.5. The molecule has 17 heavy (non-hydrogen) atoms. The van der Waals surface area contributed by atoms with Gasteiger partial charge in [-0.2, -0.15) is 0 Å². The van der Waals surface area contributed by atoms with Gasteiger partial charge in [-0.1, -0.05) is 30.3 Å². The molecule has 0 aliphatic rings. The van der Waals surface area contributed by atoms with Gasteiger partial charge in [0.25, 0.3) is 0 Å². The summed E-state index contributed by atoms with van der Waals surface area (Å²) in [6.45, 7) is 1.65. The van der Waals surface area contributed by atoms with Crippen molar-refractivity contribution in [2.45, 2.75) is 31.5 Å². The second kappa shape index (κ2) is 6.22. The van der Waals surface area contributed by atoms with E-state index in [4.69, 9.17) is 10.8 Å². The molecule has 0 heterocycles. The molecule has 5 heteroatoms. The Hall–Kier alpha value is -1.59. The van der Waals surface area contributed by atoms with Crippen molar-refractivity contribution in [3.8, 4) is 0 Å². The van der Waals surface area contributed by atoms with Crippen LogP contribution in [-0.4, -0.2) is 34.5 Å². The number of rotatable bonds is 5. The number of hydrogen-bond acceptors (Lipinski definition) is 3. The fraction of sp³-hybridized carbons (Fsp3) is 0.417. The highest BCUT2D eigenvalue weighted by molar-refractivity contribution is 5.65. The van der Waals surface area contributed by atoms with Gasteiger partial charge in [-0.3, -0.25) is 0 Å². The fourth-order valence-electron chi connectivity index (χ4n) is 1.65. The summed E-state index contributed by atoms with van der Waals surface area (Å²) < 4.78 is 0. The highest BCUT2D eigenvalue weighted by atomic mass is 16.4. The lowest BCUT2D eigenvalue weighted by Gasteiger charge is -2.25. The molecule has 0 aliphatic heterocycles. The Balaban J connectivity index is 2.73. The van der Waals surface area contributed by atoms with Gasteiger partial charge < -0.3 is 21.3 Å². The maximum absolute atomic E-state index is 10.7. The number of nitrogens with one attached hydrogen (secondary N) is 1. The van der Waals surface area contributed by atoms with Crippen LogP contribution in [0, 0.1) is 0 Å². The van der Waals surface area contributed by atoms with Crippen molar-refractivity contribution >= 4 is 6.09 Å². The number of carboxylic acid groups (broad SMARTS) is 1. The van der Waals surface area contributed by atoms with Crippen molar-refractivity contribution in [2.75, 3.05) is 0 Å². The smallest absolute Gasteiger partial charge is 0.404 e. The minimum atomic E-state index is -1.16. The quantitative estimate of drug-likeness (QED) is 0.603. The molecule has 0 aromatic heterocycles. The molecule has 0 radical (unpaired) electrons. The zero-order valence-electron chi connectivity index (χ0n) is 9.71. The lowest BCUT2D eigenvalue weighted by atomic mass is 9.98. The molecule has 0 saturated carbocycles. The second-order valence-corrected chi connectivity index (χ2v) is 4.10. The van der Waals surface area contributed by atoms with Crippen LogP contribution in [-0.2, 0) is 6.42 Å². The van der Waals surface area contributed by atoms with Crippen molar-refractivity contribution in [2.24, 2.45) is 5.73 Å². The van der Waals surface area contributed by atoms with Gasteiger partial charge in [0.1, 0.15) is 0 Å². The van der Waals surface area contributed by atoms with Crippen LogP contribution >= 0.6 is 0 Å². The van der Waals surface area contributed by atoms with Crippen LogP contribution in [0.15, 0.2) is 30.3 Å². The molecule has 0 spiro atoms. The zero-order chi connectivity index (χ0) is 12.8. The summed E-state index contributed by atoms with van der Waals surface area (Å²) in [5, 5.41) is 20.9. The van der Waals surface area contributed by atoms with Crippen LogP contribution in [0.5, 0.6) is 0 Å². The van der Waals surface area contributed by atoms with E-state index in [1.165, 1.54) is 0 Å². The van der Waals surface area contributed by atoms with Crippen molar-refractivity contribution in [3.05, 3.63) is 35.9 Å². The summed E-state index contributed by atoms with van der Waals surface area (Å²) in [6, 6.07) is 8.28. The largest absolute Gasteiger partial charge is 0.465 e. The summed E-state index contributed by atoms with van der Waals surface area (Å²) in [6.07, 6.45) is -1.66. The summed E-state index contributed by atoms with van der Waals surface area (Å²) in [5.74, 6) is 0. The molecule has 0 aliphatic carbocycles. The fourth-order valence-corrected chi connectivity index (χ4v) is 1.65. The molecule has 1 rings (SSSR count). The predicted octanol–water partition coefficient (Wildman–Crippen LogP) is 0.573. The van der Waals surface area contributed by atoms with E-state index in [-0.39, 0.29) is 0 Å². The van der Waals surface area contributed by atoms with Gasteiger partial charge in [-0.25, -0.2) is 4.79 Å². The van der Waals surface area contributed by atoms with Crippen molar-refractivity contribution in [3.63, 3.8) is 0 Å². The van der Waals surface area contributed by atoms with E-state index in [1.54, 1.807) is 6.92 Å². The normalized spacial score (nSPS) is 15.9. The molecular weight excluding hydrogens is 220 g/mol. The zero-order valence-corrected chi connectivity index (χ0v) is 9.71. The van der Waals surface area contributed by atoms with E-state index in [0.717, 1.165) is 5.56 Å². The number of benzene rings is 1. The number of carbonyl (C=O) groups is 1. The highest BCUT2D eigenvalue weighted by Gasteiger charge is 2.24. The van der Waals surface area contributed by atoms with Gasteiger partial charge in [0.2, 0.25) is 0 Å². The van der Waals surface area contributed by atoms with E-state index >= 15 is 0 Å². The molecule has 1 aromatic rings. The molecule has 1 aromatic carbocycles. The Kier molecular flexibility index (Phi) is 4.93. The van der Waals surface area contributed by atoms with E-state index in [2.05, 4.69) is 5.32 Å². The number of aliphatic hydroxyl groups excluding tert-OH is 1. The molecule has 94 valence electrons. The van der Waals surface area contributed by atoms with Gasteiger partial charge in [0.15, 0.2) is 0 Å². The Morgan fingerprint density at radius 2 is 2.00 bits per heavy atom. The number of aliphatic hydroxyl groups is 1. The molecule has 0 fully saturated rings. The van der Waals surface area contributed by atoms with Crippen LogP contribution in [0.25, 0.3) is 0 Å². The maximum atomic E-state index is 10.7. The monoisotopic (exact) mass is 238 g/mol. The van der Waals surface area contributed by atoms with E-state index in [0.29, 0.717) is 6.42 Å². The molecule has 2 unspecified atom stereocenters. The first-order valence-electron chi connectivity index (χ1n) is 5.47. The van der Waals surface area contributed by atoms with Gasteiger partial charge in [-0.15, -0.1) is 0 Å². The summed E-state index contributed by atoms with van der Waals surface area (Å²) >= 11 is 0. The van der Waals surface area contributed by atoms with E-state index in [1.807, 2.05) is 30.3 Å². The van der Waals surface area contributed by atoms with Crippen LogP contribution in [0.3, 0.4) is 0 Å². The van der Waals surface area contributed by atoms with Gasteiger partial charge >= 0.3 is 6.09 Å². The van der Waals surface area contributed by atoms with Gasteiger partial charge in [0.05, 0.1) is 12.1 Å². The van der Waals surface area contributed by atoms with Crippen molar-refractivity contribution in [1.82, 2.24) is 5.32 Å². The first-order chi connectivity index (χ1) is 8.00. The predicted molar refractivity (Wildman–Crippen MR) is 64.8 cm³/mol. The topological polar surface area (TPSA) is 95.6 Å². The average molecular weight is 238 g/mol. The number of hydrogen-bond donors (Lipinski definition) is 4. The molecule has 0 saturated heterocycles. The van der Waals surface area contributed by atoms with E-state index in [9.17, 15) is 9.90 Å². The Labute approximate surface area is 100 Å². The summed E-state index contributed by atoms with van der Waals surface area (Å²) in [4.78, 5) is 10.7. The highest BCUT2D eigenvalue weighted by Crippen LogP contribution is 2.08. The molecule has 3 atom stereocenters. The van der Waals surface area contributed by atoms with Crippen LogP contribution < -0.4 is 11.1 Å². The third-order valence-electron chi connectivity index (χ3n) is 2.56. The molecule has 5 N–H and O–H groups in total. The molecular formula is C12H18N2O3. The third kappa shape index (κ3) is 4.42. The minimum absolute atomic E-state index is 0.413. The lowest BCUT2D eigenvalue weighted by Crippen LogP contribution is -2.51. The average Bonchev–Trinajstić information content (AvgIpc) is 2.28. The molecule has 1 amide bonds. The van der Waals surface area contributed by atoms with Gasteiger partial charge in [-0.05, 0) is 18.9 Å². The first-order valence-corrected chi connectivity index (χ1v) is 5.47. The van der Waals surface area contributed by atoms with Gasteiger partial charge in [0, 0.05) is 6.04 Å². The Bertz CT molecular complexity index is 354. The van der Waals surface area contributed by atoms with Crippen LogP contribution in [0.2, 0.25) is 0 Å². The number of nitrogens with two attached hydrogens (primary N) is 1. The Morgan fingerprint density at radius 1 is 1.41 bits per heavy atom. The molecule has 5 nitrogen and oxygen atoms in total. The van der Waals surface area contributed by atoms with Crippen LogP contribution in [0.1, 0.15) is 12.5 Å². The van der Waals surface area contributed by atoms with Crippen molar-refractivity contribution in [1.29, 1.82) is 0 Å². The van der Waals surface area contributed by atoms with Crippen LogP contribution in [0.4, 0.5) is 4.79 Å². The Morgan fingerprint density at radius 3 is 2.47 bits per heavy atom. The lowest BCUT2D eigenvalue weighted by molar-refractivity contribution is 0.102. The third-order valence-corrected chi connectivity index (χ3v) is 2.56. The SMILES string of the molecule is C[C@@H](N)C(O)C(Cc1ccccc1)NC(=O)O. The van der Waals surface area contributed by atoms with E-state index < -0.39 is 24.3 Å². The summed E-state index contributed by atoms with van der Waals surface area (Å²) in [7, 11) is 0. The maximum Gasteiger partial charge on any atom is 0.404 e. The van der Waals surface area contributed by atoms with Crippen molar-refractivity contribution < 1.29 is 15.0 Å². The number of amides is 1. The summed E-state index contributed by atoms with van der Waals surface area (Å²) in [5.41, 5.74) is 6.53. The standard InChI is InChI=1S/C12H18N2O3/c1-8(13)11(15)10(14-12(16)17)7-9-5-3-2-4-6-9/h2-6,8,10-11,14-15H,7,13H2,1H3,(H,16,17)/t8-,10?,11?/m1/s1.